The first-order chi connectivity index (χ1) is 8.02. The number of carboxylic acid groups (broad SMARTS) is 1. The quantitative estimate of drug-likeness (QED) is 0.741. The van der Waals surface area contributed by atoms with Gasteiger partial charge < -0.3 is 15.5 Å². The van der Waals surface area contributed by atoms with E-state index in [1.165, 1.54) is 0 Å². The topological polar surface area (TPSA) is 86.6 Å². The number of hydrogen-bond acceptors (Lipinski definition) is 3. The number of halogens is 1. The number of benzene rings is 1. The smallest absolute Gasteiger partial charge is 0.328 e. The van der Waals surface area contributed by atoms with Gasteiger partial charge in [-0.2, -0.15) is 0 Å². The number of amides is 1. The van der Waals surface area contributed by atoms with Gasteiger partial charge in [-0.3, -0.25) is 4.79 Å². The molecular weight excluding hydrogens is 290 g/mol. The molecule has 0 fully saturated rings. The second kappa shape index (κ2) is 6.36. The summed E-state index contributed by atoms with van der Waals surface area (Å²) >= 11 is 3.27. The van der Waals surface area contributed by atoms with Gasteiger partial charge >= 0.3 is 5.97 Å². The van der Waals surface area contributed by atoms with E-state index in [2.05, 4.69) is 21.2 Å². The highest BCUT2D eigenvalue weighted by molar-refractivity contribution is 9.10. The highest BCUT2D eigenvalue weighted by atomic mass is 79.9. The van der Waals surface area contributed by atoms with E-state index < -0.39 is 24.5 Å². The lowest BCUT2D eigenvalue weighted by atomic mass is 10.1. The van der Waals surface area contributed by atoms with Crippen molar-refractivity contribution >= 4 is 27.8 Å². The molecule has 1 amide bonds. The van der Waals surface area contributed by atoms with Crippen LogP contribution in [-0.4, -0.2) is 34.7 Å². The molecule has 17 heavy (non-hydrogen) atoms. The monoisotopic (exact) mass is 301 g/mol. The molecule has 0 saturated heterocycles. The summed E-state index contributed by atoms with van der Waals surface area (Å²) in [6, 6.07) is 5.89. The number of hydrogen-bond donors (Lipinski definition) is 3. The molecule has 0 aliphatic carbocycles. The molecule has 1 unspecified atom stereocenters. The maximum absolute atomic E-state index is 11.5. The summed E-state index contributed by atoms with van der Waals surface area (Å²) in [7, 11) is 0. The molecule has 1 atom stereocenters. The van der Waals surface area contributed by atoms with Crippen LogP contribution in [0.5, 0.6) is 0 Å². The predicted molar refractivity (Wildman–Crippen MR) is 64.5 cm³/mol. The third kappa shape index (κ3) is 4.54. The van der Waals surface area contributed by atoms with Gasteiger partial charge in [-0.1, -0.05) is 28.1 Å². The molecular formula is C11H12BrNO4. The van der Waals surface area contributed by atoms with Crippen LogP contribution in [0.25, 0.3) is 0 Å². The van der Waals surface area contributed by atoms with Crippen LogP contribution in [0, 0.1) is 0 Å². The Morgan fingerprint density at radius 1 is 1.41 bits per heavy atom. The molecule has 1 aromatic rings. The van der Waals surface area contributed by atoms with Gasteiger partial charge in [-0.05, 0) is 17.7 Å². The molecule has 1 aromatic carbocycles. The lowest BCUT2D eigenvalue weighted by Gasteiger charge is -2.11. The molecule has 1 rings (SSSR count). The number of nitrogens with one attached hydrogen (secondary N) is 1. The van der Waals surface area contributed by atoms with E-state index in [-0.39, 0.29) is 6.42 Å². The van der Waals surface area contributed by atoms with Crippen LogP contribution in [0.4, 0.5) is 0 Å². The number of carbonyl (C=O) groups excluding carboxylic acids is 1. The van der Waals surface area contributed by atoms with E-state index >= 15 is 0 Å². The normalized spacial score (nSPS) is 11.9. The van der Waals surface area contributed by atoms with Gasteiger partial charge in [0.05, 0.1) is 13.0 Å². The second-order valence-corrected chi connectivity index (χ2v) is 4.36. The Labute approximate surface area is 107 Å². The lowest BCUT2D eigenvalue weighted by molar-refractivity contribution is -0.142. The molecule has 0 aromatic heterocycles. The number of carbonyl (C=O) groups is 2. The first kappa shape index (κ1) is 13.7. The van der Waals surface area contributed by atoms with Crippen molar-refractivity contribution in [1.82, 2.24) is 5.32 Å². The first-order valence-corrected chi connectivity index (χ1v) is 5.69. The van der Waals surface area contributed by atoms with Crippen molar-refractivity contribution in [2.24, 2.45) is 0 Å². The Bertz CT molecular complexity index is 422. The van der Waals surface area contributed by atoms with E-state index in [9.17, 15) is 9.59 Å². The summed E-state index contributed by atoms with van der Waals surface area (Å²) in [5.41, 5.74) is 0.763. The van der Waals surface area contributed by atoms with Crippen molar-refractivity contribution in [3.8, 4) is 0 Å². The molecule has 92 valence electrons. The molecule has 0 bridgehead atoms. The third-order valence-corrected chi connectivity index (χ3v) is 2.56. The predicted octanol–water partition coefficient (Wildman–Crippen LogP) is 0.553. The second-order valence-electron chi connectivity index (χ2n) is 3.45. The Balaban J connectivity index is 2.58. The Morgan fingerprint density at radius 2 is 2.12 bits per heavy atom. The van der Waals surface area contributed by atoms with Crippen LogP contribution in [0.15, 0.2) is 28.7 Å². The summed E-state index contributed by atoms with van der Waals surface area (Å²) < 4.78 is 0.847. The minimum atomic E-state index is -1.25. The minimum Gasteiger partial charge on any atom is -0.480 e. The molecule has 0 aliphatic heterocycles. The number of carboxylic acids is 1. The SMILES string of the molecule is O=C(Cc1cccc(Br)c1)NC(CO)C(=O)O. The number of aliphatic hydroxyl groups excluding tert-OH is 1. The van der Waals surface area contributed by atoms with E-state index in [0.29, 0.717) is 0 Å². The van der Waals surface area contributed by atoms with Gasteiger partial charge in [0.1, 0.15) is 6.04 Å². The van der Waals surface area contributed by atoms with Crippen LogP contribution >= 0.6 is 15.9 Å². The lowest BCUT2D eigenvalue weighted by Crippen LogP contribution is -2.43. The van der Waals surface area contributed by atoms with Crippen molar-refractivity contribution in [1.29, 1.82) is 0 Å². The average molecular weight is 302 g/mol. The fourth-order valence-electron chi connectivity index (χ4n) is 1.26. The highest BCUT2D eigenvalue weighted by Gasteiger charge is 2.18. The van der Waals surface area contributed by atoms with E-state index in [1.807, 2.05) is 6.07 Å². The zero-order chi connectivity index (χ0) is 12.8. The van der Waals surface area contributed by atoms with Gasteiger partial charge in [0.2, 0.25) is 5.91 Å². The van der Waals surface area contributed by atoms with Crippen LogP contribution in [0.3, 0.4) is 0 Å². The van der Waals surface area contributed by atoms with Crippen molar-refractivity contribution in [2.75, 3.05) is 6.61 Å². The number of aliphatic hydroxyl groups is 1. The zero-order valence-electron chi connectivity index (χ0n) is 8.89. The molecule has 0 heterocycles. The molecule has 3 N–H and O–H groups in total. The molecule has 0 aliphatic rings. The van der Waals surface area contributed by atoms with Gasteiger partial charge in [0.25, 0.3) is 0 Å². The molecule has 0 saturated carbocycles. The largest absolute Gasteiger partial charge is 0.480 e. The molecule has 0 radical (unpaired) electrons. The molecule has 5 nitrogen and oxygen atoms in total. The highest BCUT2D eigenvalue weighted by Crippen LogP contribution is 2.11. The van der Waals surface area contributed by atoms with E-state index in [1.54, 1.807) is 18.2 Å². The fraction of sp³-hybridized carbons (Fsp3) is 0.273. The minimum absolute atomic E-state index is 0.0726. The first-order valence-electron chi connectivity index (χ1n) is 4.90. The summed E-state index contributed by atoms with van der Waals surface area (Å²) in [5.74, 6) is -1.69. The van der Waals surface area contributed by atoms with Crippen molar-refractivity contribution in [3.05, 3.63) is 34.3 Å². The van der Waals surface area contributed by atoms with Crippen LogP contribution in [0.2, 0.25) is 0 Å². The summed E-state index contributed by atoms with van der Waals surface area (Å²) in [4.78, 5) is 22.1. The average Bonchev–Trinajstić information content (AvgIpc) is 2.25. The maximum Gasteiger partial charge on any atom is 0.328 e. The van der Waals surface area contributed by atoms with Gasteiger partial charge in [-0.25, -0.2) is 4.79 Å². The van der Waals surface area contributed by atoms with Crippen molar-refractivity contribution < 1.29 is 19.8 Å². The van der Waals surface area contributed by atoms with Crippen molar-refractivity contribution in [3.63, 3.8) is 0 Å². The van der Waals surface area contributed by atoms with E-state index in [4.69, 9.17) is 10.2 Å². The zero-order valence-corrected chi connectivity index (χ0v) is 10.5. The van der Waals surface area contributed by atoms with Gasteiger partial charge in [-0.15, -0.1) is 0 Å². The van der Waals surface area contributed by atoms with Crippen LogP contribution < -0.4 is 5.32 Å². The van der Waals surface area contributed by atoms with Gasteiger partial charge in [0.15, 0.2) is 0 Å². The summed E-state index contributed by atoms with van der Waals surface area (Å²) in [6.07, 6.45) is 0.0726. The molecule has 0 spiro atoms. The van der Waals surface area contributed by atoms with Gasteiger partial charge in [0, 0.05) is 4.47 Å². The number of aliphatic carboxylic acids is 1. The van der Waals surface area contributed by atoms with E-state index in [0.717, 1.165) is 10.0 Å². The summed E-state index contributed by atoms with van der Waals surface area (Å²) in [5, 5.41) is 19.6. The Kier molecular flexibility index (Phi) is 5.11. The van der Waals surface area contributed by atoms with Crippen LogP contribution in [0.1, 0.15) is 5.56 Å². The Hall–Kier alpha value is -1.40. The third-order valence-electron chi connectivity index (χ3n) is 2.07. The summed E-state index contributed by atoms with van der Waals surface area (Å²) in [6.45, 7) is -0.625. The van der Waals surface area contributed by atoms with Crippen molar-refractivity contribution in [2.45, 2.75) is 12.5 Å². The standard InChI is InChI=1S/C11H12BrNO4/c12-8-3-1-2-7(4-8)5-10(15)13-9(6-14)11(16)17/h1-4,9,14H,5-6H2,(H,13,15)(H,16,17). The van der Waals surface area contributed by atoms with Crippen LogP contribution in [-0.2, 0) is 16.0 Å². The fourth-order valence-corrected chi connectivity index (χ4v) is 1.71. The molecule has 6 heteroatoms. The number of rotatable bonds is 5. The Morgan fingerprint density at radius 3 is 2.65 bits per heavy atom. The maximum atomic E-state index is 11.5.